The molecule has 1 amide bonds. The Balaban J connectivity index is 1.24. The van der Waals surface area contributed by atoms with Crippen LogP contribution < -0.4 is 11.1 Å². The zero-order valence-electron chi connectivity index (χ0n) is 18.4. The second-order valence-electron chi connectivity index (χ2n) is 11.7. The molecule has 2 aliphatic heterocycles. The number of esters is 1. The SMILES string of the molecule is CC1C2CC(C#N)N(C(=O)C(N)C34CC5CC(CC(OC(=O)C6CCCN6)(C5)C3)C4)C12. The van der Waals surface area contributed by atoms with Crippen LogP contribution in [0.1, 0.15) is 64.7 Å². The van der Waals surface area contributed by atoms with E-state index in [2.05, 4.69) is 18.3 Å². The van der Waals surface area contributed by atoms with E-state index in [0.29, 0.717) is 30.1 Å². The van der Waals surface area contributed by atoms with Gasteiger partial charge in [-0.2, -0.15) is 5.26 Å². The highest BCUT2D eigenvalue weighted by Crippen LogP contribution is 2.64. The number of amides is 1. The number of hydrogen-bond acceptors (Lipinski definition) is 6. The second kappa shape index (κ2) is 6.68. The third kappa shape index (κ3) is 2.90. The summed E-state index contributed by atoms with van der Waals surface area (Å²) in [5.74, 6) is 1.73. The first-order valence-electron chi connectivity index (χ1n) is 12.3. The van der Waals surface area contributed by atoms with Crippen LogP contribution in [0.4, 0.5) is 0 Å². The average molecular weight is 427 g/mol. The quantitative estimate of drug-likeness (QED) is 0.663. The van der Waals surface area contributed by atoms with Gasteiger partial charge >= 0.3 is 5.97 Å². The van der Waals surface area contributed by atoms with Crippen LogP contribution in [-0.4, -0.2) is 53.1 Å². The highest BCUT2D eigenvalue weighted by molar-refractivity contribution is 5.85. The molecule has 2 heterocycles. The number of nitrogens with zero attached hydrogens (tertiary/aromatic N) is 2. The fourth-order valence-corrected chi connectivity index (χ4v) is 8.65. The molecule has 7 heteroatoms. The topological polar surface area (TPSA) is 108 Å². The largest absolute Gasteiger partial charge is 0.458 e. The summed E-state index contributed by atoms with van der Waals surface area (Å²) >= 11 is 0. The van der Waals surface area contributed by atoms with Crippen LogP contribution in [0.15, 0.2) is 0 Å². The van der Waals surface area contributed by atoms with Crippen molar-refractivity contribution in [2.24, 2.45) is 34.8 Å². The number of carbonyl (C=O) groups is 2. The first-order chi connectivity index (χ1) is 14.8. The van der Waals surface area contributed by atoms with Crippen LogP contribution in [0, 0.1) is 40.4 Å². The lowest BCUT2D eigenvalue weighted by molar-refractivity contribution is -0.207. The van der Waals surface area contributed by atoms with E-state index in [1.54, 1.807) is 0 Å². The highest BCUT2D eigenvalue weighted by Gasteiger charge is 2.65. The second-order valence-corrected chi connectivity index (χ2v) is 11.7. The molecule has 7 fully saturated rings. The summed E-state index contributed by atoms with van der Waals surface area (Å²) in [5.41, 5.74) is 6.03. The Kier molecular flexibility index (Phi) is 4.31. The summed E-state index contributed by atoms with van der Waals surface area (Å²) in [6, 6.07) is 1.41. The van der Waals surface area contributed by atoms with Gasteiger partial charge in [0.15, 0.2) is 0 Å². The zero-order valence-corrected chi connectivity index (χ0v) is 18.4. The molecular weight excluding hydrogens is 392 g/mol. The lowest BCUT2D eigenvalue weighted by Gasteiger charge is -2.62. The number of piperidine rings is 1. The maximum atomic E-state index is 13.7. The number of ether oxygens (including phenoxy) is 1. The van der Waals surface area contributed by atoms with Crippen molar-refractivity contribution in [3.63, 3.8) is 0 Å². The van der Waals surface area contributed by atoms with Gasteiger partial charge in [0.25, 0.3) is 0 Å². The number of rotatable bonds is 4. The molecule has 7 aliphatic rings. The first-order valence-corrected chi connectivity index (χ1v) is 12.3. The molecule has 8 atom stereocenters. The molecule has 0 aromatic heterocycles. The summed E-state index contributed by atoms with van der Waals surface area (Å²) in [4.78, 5) is 28.4. The van der Waals surface area contributed by atoms with Crippen molar-refractivity contribution in [1.82, 2.24) is 10.2 Å². The first kappa shape index (κ1) is 20.0. The summed E-state index contributed by atoms with van der Waals surface area (Å²) < 4.78 is 6.27. The Morgan fingerprint density at radius 1 is 1.23 bits per heavy atom. The Morgan fingerprint density at radius 2 is 1.97 bits per heavy atom. The van der Waals surface area contributed by atoms with Crippen LogP contribution in [0.5, 0.6) is 0 Å². The van der Waals surface area contributed by atoms with E-state index in [1.807, 2.05) is 4.90 Å². The smallest absolute Gasteiger partial charge is 0.323 e. The van der Waals surface area contributed by atoms with Gasteiger partial charge in [0.2, 0.25) is 5.91 Å². The number of likely N-dealkylation sites (tertiary alicyclic amines) is 1. The van der Waals surface area contributed by atoms with Gasteiger partial charge in [-0.1, -0.05) is 6.92 Å². The number of nitriles is 1. The molecule has 7 nitrogen and oxygen atoms in total. The summed E-state index contributed by atoms with van der Waals surface area (Å²) in [6.45, 7) is 3.04. The van der Waals surface area contributed by atoms with Crippen molar-refractivity contribution < 1.29 is 14.3 Å². The van der Waals surface area contributed by atoms with Crippen LogP contribution >= 0.6 is 0 Å². The van der Waals surface area contributed by atoms with Gasteiger partial charge in [0.1, 0.15) is 17.7 Å². The molecule has 4 bridgehead atoms. The lowest BCUT2D eigenvalue weighted by Crippen LogP contribution is -2.66. The predicted octanol–water partition coefficient (Wildman–Crippen LogP) is 1.71. The fraction of sp³-hybridized carbons (Fsp3) is 0.875. The fourth-order valence-electron chi connectivity index (χ4n) is 8.65. The molecule has 168 valence electrons. The number of carbonyl (C=O) groups excluding carboxylic acids is 2. The molecule has 0 aromatic rings. The van der Waals surface area contributed by atoms with Crippen molar-refractivity contribution in [3.8, 4) is 6.07 Å². The van der Waals surface area contributed by atoms with E-state index in [0.717, 1.165) is 57.9 Å². The van der Waals surface area contributed by atoms with Crippen molar-refractivity contribution in [1.29, 1.82) is 5.26 Å². The maximum Gasteiger partial charge on any atom is 0.323 e. The Bertz CT molecular complexity index is 832. The minimum atomic E-state index is -0.608. The van der Waals surface area contributed by atoms with Gasteiger partial charge in [0.05, 0.1) is 12.1 Å². The van der Waals surface area contributed by atoms with Gasteiger partial charge < -0.3 is 20.7 Å². The Morgan fingerprint density at radius 3 is 2.61 bits per heavy atom. The Labute approximate surface area is 184 Å². The molecule has 0 aromatic carbocycles. The lowest BCUT2D eigenvalue weighted by atomic mass is 9.46. The number of fused-ring (bicyclic) bond motifs is 1. The minimum absolute atomic E-state index is 0.0377. The summed E-state index contributed by atoms with van der Waals surface area (Å²) in [6.07, 6.45) is 8.23. The van der Waals surface area contributed by atoms with E-state index in [4.69, 9.17) is 10.5 Å². The van der Waals surface area contributed by atoms with Gasteiger partial charge in [-0.25, -0.2) is 0 Å². The van der Waals surface area contributed by atoms with Crippen molar-refractivity contribution in [2.75, 3.05) is 6.54 Å². The molecule has 8 unspecified atom stereocenters. The number of nitrogens with two attached hydrogens (primary N) is 1. The van der Waals surface area contributed by atoms with Gasteiger partial charge in [-0.3, -0.25) is 9.59 Å². The monoisotopic (exact) mass is 426 g/mol. The van der Waals surface area contributed by atoms with Gasteiger partial charge in [-0.15, -0.1) is 0 Å². The number of nitrogens with one attached hydrogen (secondary N) is 1. The highest BCUT2D eigenvalue weighted by atomic mass is 16.6. The molecule has 7 rings (SSSR count). The summed E-state index contributed by atoms with van der Waals surface area (Å²) in [5, 5.41) is 12.9. The molecular formula is C24H34N4O3. The van der Waals surface area contributed by atoms with Crippen molar-refractivity contribution in [2.45, 2.75) is 94.5 Å². The van der Waals surface area contributed by atoms with E-state index in [9.17, 15) is 14.9 Å². The molecule has 31 heavy (non-hydrogen) atoms. The van der Waals surface area contributed by atoms with E-state index < -0.39 is 11.6 Å². The molecule has 5 aliphatic carbocycles. The van der Waals surface area contributed by atoms with Crippen molar-refractivity contribution >= 4 is 11.9 Å². The van der Waals surface area contributed by atoms with E-state index >= 15 is 0 Å². The molecule has 2 saturated heterocycles. The minimum Gasteiger partial charge on any atom is -0.458 e. The van der Waals surface area contributed by atoms with Crippen LogP contribution in [0.25, 0.3) is 0 Å². The third-order valence-electron chi connectivity index (χ3n) is 9.71. The Hall–Kier alpha value is -1.65. The predicted molar refractivity (Wildman–Crippen MR) is 112 cm³/mol. The van der Waals surface area contributed by atoms with Gasteiger partial charge in [-0.05, 0) is 93.4 Å². The molecule has 0 spiro atoms. The maximum absolute atomic E-state index is 13.7. The average Bonchev–Trinajstić information content (AvgIpc) is 3.13. The van der Waals surface area contributed by atoms with Crippen LogP contribution in [0.3, 0.4) is 0 Å². The third-order valence-corrected chi connectivity index (χ3v) is 9.71. The van der Waals surface area contributed by atoms with Gasteiger partial charge in [0, 0.05) is 6.04 Å². The normalized spacial score (nSPS) is 50.1. The van der Waals surface area contributed by atoms with E-state index in [-0.39, 0.29) is 35.4 Å². The summed E-state index contributed by atoms with van der Waals surface area (Å²) in [7, 11) is 0. The van der Waals surface area contributed by atoms with E-state index in [1.165, 1.54) is 0 Å². The van der Waals surface area contributed by atoms with Crippen LogP contribution in [0.2, 0.25) is 0 Å². The molecule has 5 saturated carbocycles. The standard InChI is InChI=1S/C24H34N4O3/c1-13-17-6-16(11-25)28(19(13)17)21(29)20(26)23-7-14-5-15(8-23)10-24(9-14,12-23)31-22(30)18-3-2-4-27-18/h13-20,27H,2-10,12,26H2,1H3. The number of hydrogen-bond donors (Lipinski definition) is 2. The zero-order chi connectivity index (χ0) is 21.5. The molecule has 0 radical (unpaired) electrons. The van der Waals surface area contributed by atoms with Crippen LogP contribution in [-0.2, 0) is 14.3 Å². The van der Waals surface area contributed by atoms with Crippen molar-refractivity contribution in [3.05, 3.63) is 0 Å². The molecule has 3 N–H and O–H groups in total.